The lowest BCUT2D eigenvalue weighted by Crippen LogP contribution is -3.16. The van der Waals surface area contributed by atoms with Crippen molar-refractivity contribution in [3.8, 4) is 0 Å². The van der Waals surface area contributed by atoms with Crippen molar-refractivity contribution in [2.24, 2.45) is 0 Å². The summed E-state index contributed by atoms with van der Waals surface area (Å²) < 4.78 is 0. The SMILES string of the molecule is C[C@@H]1CCCC[NH+]1CCCNC(=O)c1ccc(N2CCCC2=O)cc1. The summed E-state index contributed by atoms with van der Waals surface area (Å²) in [5.41, 5.74) is 1.55. The van der Waals surface area contributed by atoms with Crippen LogP contribution in [0.5, 0.6) is 0 Å². The molecule has 2 saturated heterocycles. The molecule has 2 fully saturated rings. The van der Waals surface area contributed by atoms with Crippen molar-refractivity contribution in [3.05, 3.63) is 29.8 Å². The average molecular weight is 344 g/mol. The van der Waals surface area contributed by atoms with E-state index in [1.807, 2.05) is 24.3 Å². The van der Waals surface area contributed by atoms with Crippen LogP contribution in [0.15, 0.2) is 24.3 Å². The molecule has 0 bridgehead atoms. The Labute approximate surface area is 150 Å². The molecular weight excluding hydrogens is 314 g/mol. The summed E-state index contributed by atoms with van der Waals surface area (Å²) in [6.07, 6.45) is 6.58. The lowest BCUT2D eigenvalue weighted by molar-refractivity contribution is -0.928. The molecule has 1 unspecified atom stereocenters. The molecule has 1 aromatic rings. The predicted molar refractivity (Wildman–Crippen MR) is 99.0 cm³/mol. The van der Waals surface area contributed by atoms with Gasteiger partial charge in [-0.2, -0.15) is 0 Å². The topological polar surface area (TPSA) is 53.9 Å². The van der Waals surface area contributed by atoms with E-state index < -0.39 is 0 Å². The minimum Gasteiger partial charge on any atom is -0.352 e. The second-order valence-corrected chi connectivity index (χ2v) is 7.36. The molecule has 3 rings (SSSR count). The maximum atomic E-state index is 12.3. The van der Waals surface area contributed by atoms with Crippen molar-refractivity contribution in [1.29, 1.82) is 0 Å². The van der Waals surface area contributed by atoms with E-state index in [0.29, 0.717) is 12.0 Å². The molecule has 136 valence electrons. The quantitative estimate of drug-likeness (QED) is 0.767. The van der Waals surface area contributed by atoms with Gasteiger partial charge in [0, 0.05) is 37.2 Å². The first-order valence-electron chi connectivity index (χ1n) is 9.68. The van der Waals surface area contributed by atoms with Gasteiger partial charge in [0.15, 0.2) is 0 Å². The van der Waals surface area contributed by atoms with E-state index in [1.54, 1.807) is 9.80 Å². The van der Waals surface area contributed by atoms with Gasteiger partial charge in [-0.25, -0.2) is 0 Å². The van der Waals surface area contributed by atoms with Gasteiger partial charge in [0.25, 0.3) is 5.91 Å². The summed E-state index contributed by atoms with van der Waals surface area (Å²) in [6.45, 7) is 6.24. The smallest absolute Gasteiger partial charge is 0.251 e. The maximum Gasteiger partial charge on any atom is 0.251 e. The van der Waals surface area contributed by atoms with Crippen LogP contribution >= 0.6 is 0 Å². The van der Waals surface area contributed by atoms with Crippen LogP contribution in [0.2, 0.25) is 0 Å². The number of benzene rings is 1. The second kappa shape index (κ2) is 8.48. The van der Waals surface area contributed by atoms with Crippen molar-refractivity contribution in [2.45, 2.75) is 51.5 Å². The third-order valence-corrected chi connectivity index (χ3v) is 5.56. The van der Waals surface area contributed by atoms with Crippen molar-refractivity contribution in [1.82, 2.24) is 5.32 Å². The fourth-order valence-corrected chi connectivity index (χ4v) is 3.96. The second-order valence-electron chi connectivity index (χ2n) is 7.36. The number of anilines is 1. The molecule has 2 heterocycles. The Balaban J connectivity index is 1.43. The molecule has 2 amide bonds. The van der Waals surface area contributed by atoms with Crippen molar-refractivity contribution >= 4 is 17.5 Å². The molecule has 25 heavy (non-hydrogen) atoms. The van der Waals surface area contributed by atoms with Crippen LogP contribution in [0.1, 0.15) is 55.8 Å². The minimum atomic E-state index is -0.0269. The van der Waals surface area contributed by atoms with Crippen LogP contribution in [0.25, 0.3) is 0 Å². The zero-order chi connectivity index (χ0) is 17.6. The fourth-order valence-electron chi connectivity index (χ4n) is 3.96. The number of piperidine rings is 1. The number of likely N-dealkylation sites (tertiary alicyclic amines) is 1. The normalized spacial score (nSPS) is 23.7. The van der Waals surface area contributed by atoms with Gasteiger partial charge in [-0.05, 0) is 56.9 Å². The van der Waals surface area contributed by atoms with Gasteiger partial charge >= 0.3 is 0 Å². The number of carbonyl (C=O) groups is 2. The largest absolute Gasteiger partial charge is 0.352 e. The molecular formula is C20H30N3O2+. The molecule has 0 spiro atoms. The molecule has 0 aliphatic carbocycles. The third kappa shape index (κ3) is 4.60. The van der Waals surface area contributed by atoms with E-state index in [2.05, 4.69) is 12.2 Å². The Morgan fingerprint density at radius 1 is 1.24 bits per heavy atom. The highest BCUT2D eigenvalue weighted by molar-refractivity contribution is 5.97. The molecule has 2 N–H and O–H groups in total. The summed E-state index contributed by atoms with van der Waals surface area (Å²) in [7, 11) is 0. The van der Waals surface area contributed by atoms with Crippen LogP contribution in [0.3, 0.4) is 0 Å². The zero-order valence-electron chi connectivity index (χ0n) is 15.2. The van der Waals surface area contributed by atoms with Crippen LogP contribution < -0.4 is 15.1 Å². The monoisotopic (exact) mass is 344 g/mol. The molecule has 2 aliphatic heterocycles. The van der Waals surface area contributed by atoms with Crippen LogP contribution in [0, 0.1) is 0 Å². The van der Waals surface area contributed by atoms with Crippen molar-refractivity contribution in [2.75, 3.05) is 31.1 Å². The number of hydrogen-bond donors (Lipinski definition) is 2. The number of rotatable bonds is 6. The lowest BCUT2D eigenvalue weighted by Gasteiger charge is -2.30. The van der Waals surface area contributed by atoms with Gasteiger partial charge in [-0.3, -0.25) is 9.59 Å². The Morgan fingerprint density at radius 2 is 2.04 bits per heavy atom. The van der Waals surface area contributed by atoms with Crippen LogP contribution in [-0.4, -0.2) is 44.0 Å². The average Bonchev–Trinajstić information content (AvgIpc) is 3.06. The fraction of sp³-hybridized carbons (Fsp3) is 0.600. The molecule has 0 radical (unpaired) electrons. The van der Waals surface area contributed by atoms with E-state index in [1.165, 1.54) is 25.8 Å². The van der Waals surface area contributed by atoms with Gasteiger partial charge in [-0.1, -0.05) is 0 Å². The van der Waals surface area contributed by atoms with E-state index in [-0.39, 0.29) is 11.8 Å². The molecule has 2 atom stereocenters. The third-order valence-electron chi connectivity index (χ3n) is 5.56. The molecule has 1 aromatic carbocycles. The highest BCUT2D eigenvalue weighted by Crippen LogP contribution is 2.21. The van der Waals surface area contributed by atoms with E-state index in [9.17, 15) is 9.59 Å². The van der Waals surface area contributed by atoms with E-state index in [0.717, 1.165) is 44.2 Å². The number of hydrogen-bond acceptors (Lipinski definition) is 2. The van der Waals surface area contributed by atoms with E-state index >= 15 is 0 Å². The van der Waals surface area contributed by atoms with Crippen molar-refractivity contribution in [3.63, 3.8) is 0 Å². The molecule has 5 nitrogen and oxygen atoms in total. The highest BCUT2D eigenvalue weighted by Gasteiger charge is 2.22. The first-order valence-corrected chi connectivity index (χ1v) is 9.68. The number of carbonyl (C=O) groups excluding carboxylic acids is 2. The summed E-state index contributed by atoms with van der Waals surface area (Å²) >= 11 is 0. The first-order chi connectivity index (χ1) is 12.1. The van der Waals surface area contributed by atoms with Crippen LogP contribution in [0.4, 0.5) is 5.69 Å². The minimum absolute atomic E-state index is 0.0269. The Kier molecular flexibility index (Phi) is 6.08. The van der Waals surface area contributed by atoms with Gasteiger partial charge in [0.2, 0.25) is 5.91 Å². The highest BCUT2D eigenvalue weighted by atomic mass is 16.2. The van der Waals surface area contributed by atoms with E-state index in [4.69, 9.17) is 0 Å². The number of nitrogens with one attached hydrogen (secondary N) is 2. The standard InChI is InChI=1S/C20H29N3O2/c1-16-6-2-3-13-22(16)14-5-12-21-20(25)17-8-10-18(11-9-17)23-15-4-7-19(23)24/h8-11,16H,2-7,12-15H2,1H3,(H,21,25)/p+1/t16-/m1/s1. The molecule has 0 saturated carbocycles. The Morgan fingerprint density at radius 3 is 2.72 bits per heavy atom. The maximum absolute atomic E-state index is 12.3. The zero-order valence-corrected chi connectivity index (χ0v) is 15.2. The number of amides is 2. The number of quaternary nitrogens is 1. The van der Waals surface area contributed by atoms with Gasteiger partial charge in [-0.15, -0.1) is 0 Å². The molecule has 5 heteroatoms. The summed E-state index contributed by atoms with van der Waals surface area (Å²) in [5, 5.41) is 3.02. The molecule has 0 aromatic heterocycles. The van der Waals surface area contributed by atoms with Gasteiger partial charge < -0.3 is 15.1 Å². The lowest BCUT2D eigenvalue weighted by atomic mass is 10.0. The van der Waals surface area contributed by atoms with Crippen LogP contribution in [-0.2, 0) is 4.79 Å². The van der Waals surface area contributed by atoms with Gasteiger partial charge in [0.05, 0.1) is 19.1 Å². The Hall–Kier alpha value is -1.88. The van der Waals surface area contributed by atoms with Crippen molar-refractivity contribution < 1.29 is 14.5 Å². The number of nitrogens with zero attached hydrogens (tertiary/aromatic N) is 1. The summed E-state index contributed by atoms with van der Waals surface area (Å²) in [4.78, 5) is 27.5. The summed E-state index contributed by atoms with van der Waals surface area (Å²) in [5.74, 6) is 0.146. The first kappa shape index (κ1) is 17.9. The molecule has 2 aliphatic rings. The summed E-state index contributed by atoms with van der Waals surface area (Å²) in [6, 6.07) is 8.13. The predicted octanol–water partition coefficient (Wildman–Crippen LogP) is 1.39. The Bertz CT molecular complexity index is 599. The van der Waals surface area contributed by atoms with Gasteiger partial charge in [0.1, 0.15) is 0 Å².